The van der Waals surface area contributed by atoms with E-state index < -0.39 is 0 Å². The summed E-state index contributed by atoms with van der Waals surface area (Å²) in [5, 5.41) is 3.21. The number of rotatable bonds is 3. The molecule has 0 spiro atoms. The third-order valence-corrected chi connectivity index (χ3v) is 4.96. The van der Waals surface area contributed by atoms with Crippen LogP contribution in [0.5, 0.6) is 5.75 Å². The lowest BCUT2D eigenvalue weighted by molar-refractivity contribution is -0.711. The summed E-state index contributed by atoms with van der Waals surface area (Å²) in [6.07, 6.45) is 0.633. The Bertz CT molecular complexity index is 934. The summed E-state index contributed by atoms with van der Waals surface area (Å²) in [5.41, 5.74) is 6.69. The number of aromatic amines is 1. The van der Waals surface area contributed by atoms with Crippen LogP contribution in [0.3, 0.4) is 0 Å². The highest BCUT2D eigenvalue weighted by Gasteiger charge is 2.38. The molecule has 6 nitrogen and oxygen atoms in total. The Morgan fingerprint density at radius 3 is 2.80 bits per heavy atom. The Morgan fingerprint density at radius 2 is 2.00 bits per heavy atom. The number of nitrogens with one attached hydrogen (secondary N) is 2. The first kappa shape index (κ1) is 15.7. The Kier molecular flexibility index (Phi) is 3.91. The zero-order valence-electron chi connectivity index (χ0n) is 14.0. The van der Waals surface area contributed by atoms with Gasteiger partial charge in [-0.05, 0) is 23.8 Å². The second-order valence-electron chi connectivity index (χ2n) is 6.29. The molecule has 1 aliphatic rings. The number of benzene rings is 2. The Hall–Kier alpha value is -2.83. The van der Waals surface area contributed by atoms with Gasteiger partial charge in [0.15, 0.2) is 12.1 Å². The number of carbonyl (C=O) groups is 1. The van der Waals surface area contributed by atoms with Gasteiger partial charge >= 0.3 is 0 Å². The maximum absolute atomic E-state index is 12.3. The van der Waals surface area contributed by atoms with Crippen LogP contribution in [0.25, 0.3) is 10.9 Å². The molecule has 1 aliphatic heterocycles. The van der Waals surface area contributed by atoms with E-state index >= 15 is 0 Å². The highest BCUT2D eigenvalue weighted by Crippen LogP contribution is 2.34. The van der Waals surface area contributed by atoms with Gasteiger partial charge in [0.1, 0.15) is 5.75 Å². The van der Waals surface area contributed by atoms with E-state index in [1.54, 1.807) is 7.11 Å². The van der Waals surface area contributed by atoms with Gasteiger partial charge in [-0.2, -0.15) is 0 Å². The molecule has 128 valence electrons. The summed E-state index contributed by atoms with van der Waals surface area (Å²) in [7, 11) is 1.66. The number of carbonyl (C=O) groups excluding carboxylic acids is 1. The Balaban J connectivity index is 1.90. The highest BCUT2D eigenvalue weighted by molar-refractivity contribution is 5.87. The molecule has 0 unspecified atom stereocenters. The summed E-state index contributed by atoms with van der Waals surface area (Å²) < 4.78 is 5.55. The first-order valence-electron chi connectivity index (χ1n) is 8.30. The normalized spacial score (nSPS) is 19.4. The van der Waals surface area contributed by atoms with Crippen molar-refractivity contribution in [2.75, 3.05) is 7.11 Å². The Morgan fingerprint density at radius 1 is 1.24 bits per heavy atom. The van der Waals surface area contributed by atoms with Crippen LogP contribution in [0.15, 0.2) is 48.5 Å². The van der Waals surface area contributed by atoms with Crippen LogP contribution >= 0.6 is 0 Å². The minimum Gasteiger partial charge on any atom is -0.496 e. The van der Waals surface area contributed by atoms with E-state index in [9.17, 15) is 4.79 Å². The van der Waals surface area contributed by atoms with Crippen LogP contribution in [-0.2, 0) is 11.2 Å². The molecule has 6 N–H and O–H groups in total. The molecule has 0 aliphatic carbocycles. The molecule has 1 aromatic heterocycles. The van der Waals surface area contributed by atoms with Crippen molar-refractivity contribution in [3.63, 3.8) is 0 Å². The smallest absolute Gasteiger partial charge is 0.292 e. The second kappa shape index (κ2) is 6.23. The fourth-order valence-electron chi connectivity index (χ4n) is 3.79. The van der Waals surface area contributed by atoms with E-state index in [1.807, 2.05) is 36.4 Å². The third kappa shape index (κ3) is 2.56. The van der Waals surface area contributed by atoms with Crippen molar-refractivity contribution in [1.82, 2.24) is 10.4 Å². The molecule has 1 amide bonds. The number of hydrogen-bond acceptors (Lipinski definition) is 3. The van der Waals surface area contributed by atoms with Gasteiger partial charge in [0.05, 0.1) is 18.4 Å². The molecular formula is C19H21N4O2+. The zero-order chi connectivity index (χ0) is 17.4. The molecule has 6 heteroatoms. The molecule has 2 heterocycles. The largest absolute Gasteiger partial charge is 0.496 e. The number of H-pyrrole nitrogens is 1. The molecule has 4 rings (SSSR count). The van der Waals surface area contributed by atoms with Crippen LogP contribution in [0.4, 0.5) is 0 Å². The summed E-state index contributed by atoms with van der Waals surface area (Å²) in [5.74, 6) is 6.04. The molecule has 0 bridgehead atoms. The monoisotopic (exact) mass is 337 g/mol. The number of ether oxygens (including phenoxy) is 1. The molecule has 3 aromatic rings. The first-order valence-corrected chi connectivity index (χ1v) is 8.30. The van der Waals surface area contributed by atoms with Crippen molar-refractivity contribution in [1.29, 1.82) is 0 Å². The predicted octanol–water partition coefficient (Wildman–Crippen LogP) is 0.744. The molecule has 2 aromatic carbocycles. The van der Waals surface area contributed by atoms with Crippen molar-refractivity contribution in [2.24, 2.45) is 5.84 Å². The standard InChI is InChI=1S/C19H20N4O2/c1-25-16-9-5-3-7-12(16)17-18-13(10-15(22-17)19(24)23-20)11-6-2-4-8-14(11)21-18/h2-9,15,17,21-22H,10,20H2,1H3,(H,23,24)/p+1/t15-,17+/m1/s1. The number of aromatic nitrogens is 1. The van der Waals surface area contributed by atoms with Crippen LogP contribution in [0.1, 0.15) is 22.9 Å². The molecule has 0 saturated carbocycles. The van der Waals surface area contributed by atoms with Crippen LogP contribution in [0.2, 0.25) is 0 Å². The third-order valence-electron chi connectivity index (χ3n) is 4.96. The van der Waals surface area contributed by atoms with Gasteiger partial charge in [0.2, 0.25) is 0 Å². The minimum atomic E-state index is -0.286. The number of hydrazine groups is 1. The average Bonchev–Trinajstić information content (AvgIpc) is 3.05. The van der Waals surface area contributed by atoms with Gasteiger partial charge < -0.3 is 15.0 Å². The van der Waals surface area contributed by atoms with Crippen LogP contribution in [-0.4, -0.2) is 24.0 Å². The number of hydrogen-bond donors (Lipinski definition) is 4. The molecular weight excluding hydrogens is 316 g/mol. The van der Waals surface area contributed by atoms with E-state index in [1.165, 1.54) is 5.56 Å². The summed E-state index contributed by atoms with van der Waals surface area (Å²) in [6.45, 7) is 0. The summed E-state index contributed by atoms with van der Waals surface area (Å²) in [6, 6.07) is 15.7. The number of amides is 1. The quantitative estimate of drug-likeness (QED) is 0.322. The number of nitrogens with two attached hydrogens (primary N) is 2. The minimum absolute atomic E-state index is 0.0606. The van der Waals surface area contributed by atoms with Crippen molar-refractivity contribution in [2.45, 2.75) is 18.5 Å². The molecule has 0 radical (unpaired) electrons. The second-order valence-corrected chi connectivity index (χ2v) is 6.29. The Labute approximate surface area is 145 Å². The number of para-hydroxylation sites is 2. The lowest BCUT2D eigenvalue weighted by Gasteiger charge is -2.28. The van der Waals surface area contributed by atoms with E-state index in [-0.39, 0.29) is 18.0 Å². The van der Waals surface area contributed by atoms with Crippen LogP contribution < -0.4 is 21.3 Å². The van der Waals surface area contributed by atoms with Gasteiger partial charge in [-0.15, -0.1) is 0 Å². The van der Waals surface area contributed by atoms with Gasteiger partial charge in [0, 0.05) is 17.3 Å². The summed E-state index contributed by atoms with van der Waals surface area (Å²) in [4.78, 5) is 15.8. The predicted molar refractivity (Wildman–Crippen MR) is 94.9 cm³/mol. The topological polar surface area (TPSA) is 96.8 Å². The van der Waals surface area contributed by atoms with Crippen molar-refractivity contribution < 1.29 is 14.8 Å². The molecule has 25 heavy (non-hydrogen) atoms. The van der Waals surface area contributed by atoms with E-state index in [0.717, 1.165) is 27.9 Å². The van der Waals surface area contributed by atoms with Crippen LogP contribution in [0, 0.1) is 0 Å². The highest BCUT2D eigenvalue weighted by atomic mass is 16.5. The van der Waals surface area contributed by atoms with Gasteiger partial charge in [0.25, 0.3) is 5.91 Å². The number of methoxy groups -OCH3 is 1. The maximum Gasteiger partial charge on any atom is 0.292 e. The lowest BCUT2D eigenvalue weighted by atomic mass is 9.89. The average molecular weight is 337 g/mol. The van der Waals surface area contributed by atoms with E-state index in [0.29, 0.717) is 6.42 Å². The molecule has 0 saturated heterocycles. The fourth-order valence-corrected chi connectivity index (χ4v) is 3.79. The van der Waals surface area contributed by atoms with Gasteiger partial charge in [-0.1, -0.05) is 30.3 Å². The van der Waals surface area contributed by atoms with Crippen molar-refractivity contribution in [3.8, 4) is 5.75 Å². The van der Waals surface area contributed by atoms with Crippen molar-refractivity contribution in [3.05, 3.63) is 65.4 Å². The van der Waals surface area contributed by atoms with Gasteiger partial charge in [-0.3, -0.25) is 10.2 Å². The molecule has 2 atom stereocenters. The zero-order valence-corrected chi connectivity index (χ0v) is 14.0. The first-order chi connectivity index (χ1) is 12.2. The summed E-state index contributed by atoms with van der Waals surface area (Å²) >= 11 is 0. The lowest BCUT2D eigenvalue weighted by Crippen LogP contribution is -2.95. The van der Waals surface area contributed by atoms with Gasteiger partial charge in [-0.25, -0.2) is 5.84 Å². The van der Waals surface area contributed by atoms with E-state index in [4.69, 9.17) is 10.6 Å². The maximum atomic E-state index is 12.3. The number of quaternary nitrogens is 1. The number of fused-ring (bicyclic) bond motifs is 3. The fraction of sp³-hybridized carbons (Fsp3) is 0.211. The van der Waals surface area contributed by atoms with E-state index in [2.05, 4.69) is 27.9 Å². The van der Waals surface area contributed by atoms with Crippen molar-refractivity contribution >= 4 is 16.8 Å². The SMILES string of the molecule is COc1ccccc1[C@@H]1[NH2+][C@@H](C(=O)NN)Cc2c1[nH]c1ccccc21. The molecule has 0 fully saturated rings.